The highest BCUT2D eigenvalue weighted by atomic mass is 16.2. The minimum Gasteiger partial charge on any atom is -0.344 e. The summed E-state index contributed by atoms with van der Waals surface area (Å²) in [6, 6.07) is 1.25. The predicted molar refractivity (Wildman–Crippen MR) is 72.1 cm³/mol. The van der Waals surface area contributed by atoms with Gasteiger partial charge in [-0.3, -0.25) is 9.69 Å². The van der Waals surface area contributed by atoms with E-state index in [1.807, 2.05) is 0 Å². The van der Waals surface area contributed by atoms with E-state index < -0.39 is 0 Å². The number of nitrogens with zero attached hydrogens (tertiary/aromatic N) is 1. The molecule has 1 atom stereocenters. The molecular formula is C14H23N3O. The Morgan fingerprint density at radius 2 is 2.17 bits per heavy atom. The second-order valence-corrected chi connectivity index (χ2v) is 5.28. The molecule has 1 unspecified atom stereocenters. The zero-order valence-corrected chi connectivity index (χ0v) is 11.0. The van der Waals surface area contributed by atoms with Crippen molar-refractivity contribution in [1.82, 2.24) is 15.5 Å². The number of hydrogen-bond acceptors (Lipinski definition) is 3. The number of piperidine rings is 1. The fourth-order valence-corrected chi connectivity index (χ4v) is 2.48. The van der Waals surface area contributed by atoms with Gasteiger partial charge in [-0.2, -0.15) is 0 Å². The van der Waals surface area contributed by atoms with Crippen LogP contribution in [0.4, 0.5) is 0 Å². The molecule has 1 saturated carbocycles. The zero-order valence-electron chi connectivity index (χ0n) is 11.0. The molecule has 1 aliphatic heterocycles. The number of terminal acetylenes is 1. The summed E-state index contributed by atoms with van der Waals surface area (Å²) in [6.45, 7) is 2.87. The van der Waals surface area contributed by atoms with Gasteiger partial charge in [0.1, 0.15) is 0 Å². The minimum absolute atomic E-state index is 0.0475. The fourth-order valence-electron chi connectivity index (χ4n) is 2.48. The fraction of sp³-hybridized carbons (Fsp3) is 0.786. The van der Waals surface area contributed by atoms with Gasteiger partial charge >= 0.3 is 0 Å². The minimum atomic E-state index is 0.0475. The van der Waals surface area contributed by atoms with E-state index in [9.17, 15) is 4.79 Å². The summed E-state index contributed by atoms with van der Waals surface area (Å²) in [5, 5.41) is 6.31. The van der Waals surface area contributed by atoms with Crippen LogP contribution < -0.4 is 10.6 Å². The van der Waals surface area contributed by atoms with Crippen LogP contribution in [0.1, 0.15) is 32.1 Å². The van der Waals surface area contributed by atoms with Crippen LogP contribution in [0.25, 0.3) is 0 Å². The Bertz CT molecular complexity index is 319. The molecule has 1 heterocycles. The number of rotatable bonds is 6. The molecule has 1 amide bonds. The van der Waals surface area contributed by atoms with Crippen molar-refractivity contribution in [1.29, 1.82) is 0 Å². The van der Waals surface area contributed by atoms with Crippen molar-refractivity contribution >= 4 is 5.91 Å². The molecule has 100 valence electrons. The number of carbonyl (C=O) groups excluding carboxylic acids is 1. The van der Waals surface area contributed by atoms with Gasteiger partial charge in [0.05, 0.1) is 13.1 Å². The monoisotopic (exact) mass is 249 g/mol. The molecule has 2 aliphatic rings. The third-order valence-corrected chi connectivity index (χ3v) is 3.70. The molecule has 4 nitrogen and oxygen atoms in total. The standard InChI is InChI=1S/C14H23N3O/c1-2-8-15-14(18)11-17-9-4-3-5-13(17)10-16-12-6-7-12/h1,12-13,16H,3-11H2,(H,15,18). The van der Waals surface area contributed by atoms with E-state index in [0.717, 1.165) is 19.1 Å². The summed E-state index contributed by atoms with van der Waals surface area (Å²) in [5.74, 6) is 2.48. The second-order valence-electron chi connectivity index (χ2n) is 5.28. The molecule has 1 saturated heterocycles. The highest BCUT2D eigenvalue weighted by Crippen LogP contribution is 2.21. The molecule has 0 aromatic rings. The van der Waals surface area contributed by atoms with Crippen molar-refractivity contribution in [2.45, 2.75) is 44.2 Å². The smallest absolute Gasteiger partial charge is 0.234 e. The van der Waals surface area contributed by atoms with Gasteiger partial charge in [0.25, 0.3) is 0 Å². The Morgan fingerprint density at radius 3 is 2.89 bits per heavy atom. The molecular weight excluding hydrogens is 226 g/mol. The first-order valence-electron chi connectivity index (χ1n) is 6.97. The Morgan fingerprint density at radius 1 is 1.33 bits per heavy atom. The van der Waals surface area contributed by atoms with Crippen LogP contribution in [-0.2, 0) is 4.79 Å². The maximum atomic E-state index is 11.7. The van der Waals surface area contributed by atoms with Gasteiger partial charge in [0.2, 0.25) is 5.91 Å². The van der Waals surface area contributed by atoms with E-state index in [-0.39, 0.29) is 5.91 Å². The molecule has 0 aromatic carbocycles. The van der Waals surface area contributed by atoms with Crippen LogP contribution in [0.15, 0.2) is 0 Å². The third-order valence-electron chi connectivity index (χ3n) is 3.70. The summed E-state index contributed by atoms with van der Waals surface area (Å²) < 4.78 is 0. The van der Waals surface area contributed by atoms with Crippen molar-refractivity contribution in [3.63, 3.8) is 0 Å². The quantitative estimate of drug-likeness (QED) is 0.667. The highest BCUT2D eigenvalue weighted by Gasteiger charge is 2.27. The predicted octanol–water partition coefficient (Wildman–Crippen LogP) is 0.342. The summed E-state index contributed by atoms with van der Waals surface area (Å²) in [4.78, 5) is 14.0. The lowest BCUT2D eigenvalue weighted by Gasteiger charge is -2.35. The zero-order chi connectivity index (χ0) is 12.8. The van der Waals surface area contributed by atoms with Crippen LogP contribution in [-0.4, -0.2) is 49.1 Å². The Balaban J connectivity index is 1.75. The van der Waals surface area contributed by atoms with Crippen LogP contribution in [0, 0.1) is 12.3 Å². The number of nitrogens with one attached hydrogen (secondary N) is 2. The molecule has 1 aliphatic carbocycles. The van der Waals surface area contributed by atoms with Gasteiger partial charge in [-0.1, -0.05) is 12.3 Å². The van der Waals surface area contributed by atoms with E-state index in [1.54, 1.807) is 0 Å². The third kappa shape index (κ3) is 4.32. The van der Waals surface area contributed by atoms with Gasteiger partial charge in [0, 0.05) is 18.6 Å². The molecule has 2 rings (SSSR count). The SMILES string of the molecule is C#CCNC(=O)CN1CCCCC1CNC1CC1. The van der Waals surface area contributed by atoms with Gasteiger partial charge in [-0.05, 0) is 32.2 Å². The maximum Gasteiger partial charge on any atom is 0.234 e. The number of hydrogen-bond donors (Lipinski definition) is 2. The molecule has 0 radical (unpaired) electrons. The van der Waals surface area contributed by atoms with E-state index in [2.05, 4.69) is 21.5 Å². The largest absolute Gasteiger partial charge is 0.344 e. The van der Waals surface area contributed by atoms with Crippen LogP contribution in [0.3, 0.4) is 0 Å². The average Bonchev–Trinajstić information content (AvgIpc) is 3.19. The lowest BCUT2D eigenvalue weighted by Crippen LogP contribution is -2.49. The van der Waals surface area contributed by atoms with Crippen molar-refractivity contribution in [3.05, 3.63) is 0 Å². The number of carbonyl (C=O) groups is 1. The van der Waals surface area contributed by atoms with Crippen molar-refractivity contribution in [2.24, 2.45) is 0 Å². The van der Waals surface area contributed by atoms with Gasteiger partial charge in [0.15, 0.2) is 0 Å². The number of amides is 1. The molecule has 4 heteroatoms. The topological polar surface area (TPSA) is 44.4 Å². The van der Waals surface area contributed by atoms with E-state index in [1.165, 1.54) is 32.1 Å². The molecule has 18 heavy (non-hydrogen) atoms. The summed E-state index contributed by atoms with van der Waals surface area (Å²) in [6.07, 6.45) is 11.4. The summed E-state index contributed by atoms with van der Waals surface area (Å²) >= 11 is 0. The molecule has 0 spiro atoms. The molecule has 2 fully saturated rings. The van der Waals surface area contributed by atoms with Gasteiger partial charge in [-0.25, -0.2) is 0 Å². The van der Waals surface area contributed by atoms with Crippen molar-refractivity contribution < 1.29 is 4.79 Å². The molecule has 2 N–H and O–H groups in total. The molecule has 0 bridgehead atoms. The van der Waals surface area contributed by atoms with Crippen molar-refractivity contribution in [2.75, 3.05) is 26.2 Å². The first kappa shape index (κ1) is 13.4. The maximum absolute atomic E-state index is 11.7. The highest BCUT2D eigenvalue weighted by molar-refractivity contribution is 5.78. The Labute approximate surface area is 109 Å². The molecule has 0 aromatic heterocycles. The van der Waals surface area contributed by atoms with E-state index in [0.29, 0.717) is 19.1 Å². The summed E-state index contributed by atoms with van der Waals surface area (Å²) in [5.41, 5.74) is 0. The van der Waals surface area contributed by atoms with Crippen LogP contribution in [0.2, 0.25) is 0 Å². The second kappa shape index (κ2) is 6.77. The van der Waals surface area contributed by atoms with Crippen LogP contribution in [0.5, 0.6) is 0 Å². The normalized spacial score (nSPS) is 24.5. The van der Waals surface area contributed by atoms with E-state index in [4.69, 9.17) is 6.42 Å². The van der Waals surface area contributed by atoms with Crippen molar-refractivity contribution in [3.8, 4) is 12.3 Å². The van der Waals surface area contributed by atoms with E-state index >= 15 is 0 Å². The van der Waals surface area contributed by atoms with Gasteiger partial charge in [-0.15, -0.1) is 6.42 Å². The van der Waals surface area contributed by atoms with Crippen LogP contribution >= 0.6 is 0 Å². The lowest BCUT2D eigenvalue weighted by molar-refractivity contribution is -0.122. The average molecular weight is 249 g/mol. The Hall–Kier alpha value is -1.05. The first-order chi connectivity index (χ1) is 8.79. The first-order valence-corrected chi connectivity index (χ1v) is 6.97. The lowest BCUT2D eigenvalue weighted by atomic mass is 10.0. The van der Waals surface area contributed by atoms with Gasteiger partial charge < -0.3 is 10.6 Å². The number of likely N-dealkylation sites (tertiary alicyclic amines) is 1. The Kier molecular flexibility index (Phi) is 5.03. The summed E-state index contributed by atoms with van der Waals surface area (Å²) in [7, 11) is 0.